The Kier molecular flexibility index (Phi) is 4.08. The molecular formula is C15H16N2OS2. The van der Waals surface area contributed by atoms with E-state index in [0.717, 1.165) is 11.3 Å². The molecule has 3 nitrogen and oxygen atoms in total. The fourth-order valence-electron chi connectivity index (χ4n) is 2.48. The topological polar surface area (TPSA) is 42.0 Å². The van der Waals surface area contributed by atoms with Gasteiger partial charge < -0.3 is 5.32 Å². The second kappa shape index (κ2) is 5.97. The molecule has 0 unspecified atom stereocenters. The molecule has 0 aliphatic heterocycles. The standard InChI is InChI=1S/C15H16N2OS2/c1-19-9-14(18)17-15-16-13(8-20-15)12-6-5-10-3-2-4-11(10)7-12/h5-8H,2-4,9H2,1H3,(H,16,17,18). The third-order valence-electron chi connectivity index (χ3n) is 3.42. The van der Waals surface area contributed by atoms with Crippen molar-refractivity contribution in [3.8, 4) is 11.3 Å². The van der Waals surface area contributed by atoms with Crippen LogP contribution in [0.15, 0.2) is 23.6 Å². The number of benzene rings is 1. The van der Waals surface area contributed by atoms with Crippen LogP contribution in [0.25, 0.3) is 11.3 Å². The number of aryl methyl sites for hydroxylation is 2. The van der Waals surface area contributed by atoms with Gasteiger partial charge in [-0.25, -0.2) is 4.98 Å². The van der Waals surface area contributed by atoms with Crippen molar-refractivity contribution in [3.63, 3.8) is 0 Å². The van der Waals surface area contributed by atoms with Crippen molar-refractivity contribution in [1.29, 1.82) is 0 Å². The summed E-state index contributed by atoms with van der Waals surface area (Å²) < 4.78 is 0. The lowest BCUT2D eigenvalue weighted by Gasteiger charge is -2.02. The summed E-state index contributed by atoms with van der Waals surface area (Å²) in [5.41, 5.74) is 5.01. The molecule has 1 aromatic heterocycles. The van der Waals surface area contributed by atoms with E-state index < -0.39 is 0 Å². The third-order valence-corrected chi connectivity index (χ3v) is 4.73. The van der Waals surface area contributed by atoms with Gasteiger partial charge in [-0.3, -0.25) is 4.79 Å². The summed E-state index contributed by atoms with van der Waals surface area (Å²) in [7, 11) is 0. The molecule has 1 aromatic carbocycles. The predicted molar refractivity (Wildman–Crippen MR) is 86.6 cm³/mol. The Morgan fingerprint density at radius 2 is 2.25 bits per heavy atom. The van der Waals surface area contributed by atoms with E-state index in [-0.39, 0.29) is 5.91 Å². The van der Waals surface area contributed by atoms with Gasteiger partial charge in [-0.2, -0.15) is 11.8 Å². The number of thiazole rings is 1. The Hall–Kier alpha value is -1.33. The number of carbonyl (C=O) groups excluding carboxylic acids is 1. The Balaban J connectivity index is 1.78. The van der Waals surface area contributed by atoms with Crippen LogP contribution in [0, 0.1) is 0 Å². The maximum atomic E-state index is 11.5. The monoisotopic (exact) mass is 304 g/mol. The minimum Gasteiger partial charge on any atom is -0.301 e. The number of hydrogen-bond donors (Lipinski definition) is 1. The third kappa shape index (κ3) is 2.88. The summed E-state index contributed by atoms with van der Waals surface area (Å²) >= 11 is 2.99. The number of fused-ring (bicyclic) bond motifs is 1. The van der Waals surface area contributed by atoms with Crippen molar-refractivity contribution < 1.29 is 4.79 Å². The van der Waals surface area contributed by atoms with Gasteiger partial charge in [0.25, 0.3) is 0 Å². The van der Waals surface area contributed by atoms with Gasteiger partial charge in [0.1, 0.15) is 0 Å². The van der Waals surface area contributed by atoms with Crippen molar-refractivity contribution in [2.45, 2.75) is 19.3 Å². The first-order valence-electron chi connectivity index (χ1n) is 6.63. The first-order chi connectivity index (χ1) is 9.76. The van der Waals surface area contributed by atoms with Crippen molar-refractivity contribution in [2.75, 3.05) is 17.3 Å². The van der Waals surface area contributed by atoms with E-state index in [4.69, 9.17) is 0 Å². The summed E-state index contributed by atoms with van der Waals surface area (Å²) in [6.07, 6.45) is 5.54. The van der Waals surface area contributed by atoms with Gasteiger partial charge in [-0.1, -0.05) is 12.1 Å². The van der Waals surface area contributed by atoms with Crippen LogP contribution >= 0.6 is 23.1 Å². The number of anilines is 1. The summed E-state index contributed by atoms with van der Waals surface area (Å²) in [5.74, 6) is 0.473. The highest BCUT2D eigenvalue weighted by Crippen LogP contribution is 2.30. The van der Waals surface area contributed by atoms with E-state index in [1.165, 1.54) is 53.5 Å². The highest BCUT2D eigenvalue weighted by Gasteiger charge is 2.13. The first kappa shape index (κ1) is 13.6. The Labute approximate surface area is 126 Å². The van der Waals surface area contributed by atoms with Crippen LogP contribution in [0.1, 0.15) is 17.5 Å². The number of hydrogen-bond acceptors (Lipinski definition) is 4. The molecule has 0 bridgehead atoms. The van der Waals surface area contributed by atoms with Gasteiger partial charge in [-0.05, 0) is 42.7 Å². The van der Waals surface area contributed by atoms with Crippen molar-refractivity contribution >= 4 is 34.1 Å². The van der Waals surface area contributed by atoms with E-state index in [9.17, 15) is 4.79 Å². The van der Waals surface area contributed by atoms with Gasteiger partial charge in [0, 0.05) is 10.9 Å². The number of aromatic nitrogens is 1. The summed E-state index contributed by atoms with van der Waals surface area (Å²) in [5, 5.41) is 5.52. The van der Waals surface area contributed by atoms with Crippen molar-refractivity contribution in [2.24, 2.45) is 0 Å². The molecule has 0 fully saturated rings. The molecule has 0 saturated carbocycles. The SMILES string of the molecule is CSCC(=O)Nc1nc(-c2ccc3c(c2)CCC3)cs1. The Morgan fingerprint density at radius 1 is 1.40 bits per heavy atom. The number of carbonyl (C=O) groups is 1. The predicted octanol–water partition coefficient (Wildman–Crippen LogP) is 3.60. The Morgan fingerprint density at radius 3 is 3.10 bits per heavy atom. The molecule has 0 saturated heterocycles. The molecule has 1 amide bonds. The van der Waals surface area contributed by atoms with E-state index in [0.29, 0.717) is 10.9 Å². The highest BCUT2D eigenvalue weighted by atomic mass is 32.2. The van der Waals surface area contributed by atoms with E-state index >= 15 is 0 Å². The molecule has 104 valence electrons. The number of thioether (sulfide) groups is 1. The van der Waals surface area contributed by atoms with E-state index in [2.05, 4.69) is 28.5 Å². The lowest BCUT2D eigenvalue weighted by atomic mass is 10.1. The zero-order valence-electron chi connectivity index (χ0n) is 11.3. The Bertz CT molecular complexity index is 637. The largest absolute Gasteiger partial charge is 0.301 e. The van der Waals surface area contributed by atoms with E-state index in [1.54, 1.807) is 0 Å². The minimum absolute atomic E-state index is 0.00681. The first-order valence-corrected chi connectivity index (χ1v) is 8.90. The zero-order valence-corrected chi connectivity index (χ0v) is 12.9. The van der Waals surface area contributed by atoms with Gasteiger partial charge in [0.05, 0.1) is 11.4 Å². The molecule has 5 heteroatoms. The van der Waals surface area contributed by atoms with E-state index in [1.807, 2.05) is 11.6 Å². The van der Waals surface area contributed by atoms with Crippen LogP contribution in [-0.2, 0) is 17.6 Å². The fraction of sp³-hybridized carbons (Fsp3) is 0.333. The zero-order chi connectivity index (χ0) is 13.9. The molecule has 1 N–H and O–H groups in total. The van der Waals surface area contributed by atoms with Gasteiger partial charge in [-0.15, -0.1) is 11.3 Å². The molecule has 0 spiro atoms. The number of amides is 1. The molecule has 0 atom stereocenters. The summed E-state index contributed by atoms with van der Waals surface area (Å²) in [4.78, 5) is 16.1. The molecule has 3 rings (SSSR count). The molecule has 20 heavy (non-hydrogen) atoms. The summed E-state index contributed by atoms with van der Waals surface area (Å²) in [6.45, 7) is 0. The van der Waals surface area contributed by atoms with Crippen LogP contribution < -0.4 is 5.32 Å². The number of nitrogens with one attached hydrogen (secondary N) is 1. The molecular weight excluding hydrogens is 288 g/mol. The van der Waals surface area contributed by atoms with Crippen LogP contribution in [0.5, 0.6) is 0 Å². The van der Waals surface area contributed by atoms with Gasteiger partial charge in [0.15, 0.2) is 5.13 Å². The molecule has 1 aliphatic rings. The molecule has 1 heterocycles. The molecule has 2 aromatic rings. The van der Waals surface area contributed by atoms with Crippen LogP contribution in [0.4, 0.5) is 5.13 Å². The smallest absolute Gasteiger partial charge is 0.236 e. The summed E-state index contributed by atoms with van der Waals surface area (Å²) in [6, 6.07) is 6.58. The average molecular weight is 304 g/mol. The number of rotatable bonds is 4. The lowest BCUT2D eigenvalue weighted by Crippen LogP contribution is -2.13. The molecule has 0 radical (unpaired) electrons. The second-order valence-corrected chi connectivity index (χ2v) is 6.58. The van der Waals surface area contributed by atoms with Crippen molar-refractivity contribution in [3.05, 3.63) is 34.7 Å². The molecule has 1 aliphatic carbocycles. The van der Waals surface area contributed by atoms with Gasteiger partial charge >= 0.3 is 0 Å². The fourth-order valence-corrected chi connectivity index (χ4v) is 3.55. The maximum Gasteiger partial charge on any atom is 0.236 e. The normalized spacial score (nSPS) is 13.2. The quantitative estimate of drug-likeness (QED) is 0.938. The van der Waals surface area contributed by atoms with Crippen LogP contribution in [-0.4, -0.2) is 22.9 Å². The average Bonchev–Trinajstić information content (AvgIpc) is 3.06. The van der Waals surface area contributed by atoms with Crippen LogP contribution in [0.3, 0.4) is 0 Å². The van der Waals surface area contributed by atoms with Gasteiger partial charge in [0.2, 0.25) is 5.91 Å². The number of nitrogens with zero attached hydrogens (tertiary/aromatic N) is 1. The second-order valence-electron chi connectivity index (χ2n) is 4.86. The maximum absolute atomic E-state index is 11.5. The van der Waals surface area contributed by atoms with Crippen LogP contribution in [0.2, 0.25) is 0 Å². The minimum atomic E-state index is 0.00681. The van der Waals surface area contributed by atoms with Crippen molar-refractivity contribution in [1.82, 2.24) is 4.98 Å². The highest BCUT2D eigenvalue weighted by molar-refractivity contribution is 7.99. The lowest BCUT2D eigenvalue weighted by molar-refractivity contribution is -0.113.